The van der Waals surface area contributed by atoms with Crippen molar-refractivity contribution in [3.05, 3.63) is 22.4 Å². The molecule has 6 heteroatoms. The summed E-state index contributed by atoms with van der Waals surface area (Å²) in [5.74, 6) is -0.793. The van der Waals surface area contributed by atoms with Crippen LogP contribution in [0.25, 0.3) is 0 Å². The van der Waals surface area contributed by atoms with Crippen molar-refractivity contribution in [3.8, 4) is 6.07 Å². The second-order valence-corrected chi connectivity index (χ2v) is 6.22. The lowest BCUT2D eigenvalue weighted by atomic mass is 10.00. The summed E-state index contributed by atoms with van der Waals surface area (Å²) in [5, 5.41) is 13.8. The Morgan fingerprint density at radius 3 is 2.81 bits per heavy atom. The number of esters is 1. The third-order valence-electron chi connectivity index (χ3n) is 3.57. The van der Waals surface area contributed by atoms with Crippen LogP contribution in [0, 0.1) is 11.3 Å². The number of nitriles is 1. The van der Waals surface area contributed by atoms with Crippen LogP contribution < -0.4 is 5.32 Å². The van der Waals surface area contributed by atoms with Gasteiger partial charge in [0.2, 0.25) is 0 Å². The molecule has 0 aromatic carbocycles. The highest BCUT2D eigenvalue weighted by Gasteiger charge is 2.35. The Bertz CT molecular complexity index is 528. The predicted octanol–water partition coefficient (Wildman–Crippen LogP) is 2.18. The summed E-state index contributed by atoms with van der Waals surface area (Å²) in [6.45, 7) is -0.313. The van der Waals surface area contributed by atoms with Crippen molar-refractivity contribution in [1.82, 2.24) is 5.32 Å². The molecule has 0 unspecified atom stereocenters. The molecule has 0 atom stereocenters. The summed E-state index contributed by atoms with van der Waals surface area (Å²) in [4.78, 5) is 24.4. The van der Waals surface area contributed by atoms with Crippen molar-refractivity contribution in [1.29, 1.82) is 5.26 Å². The average molecular weight is 306 g/mol. The van der Waals surface area contributed by atoms with Crippen LogP contribution in [0.2, 0.25) is 0 Å². The number of carbonyl (C=O) groups excluding carboxylic acids is 2. The van der Waals surface area contributed by atoms with Crippen LogP contribution in [-0.2, 0) is 20.7 Å². The lowest BCUT2D eigenvalue weighted by Gasteiger charge is -2.21. The van der Waals surface area contributed by atoms with Gasteiger partial charge >= 0.3 is 5.97 Å². The standard InChI is InChI=1S/C15H18N2O3S/c16-11-15(7-1-2-8-15)17-13(18)10-20-14(19)6-5-12-4-3-9-21-12/h3-4,9H,1-2,5-8,10H2,(H,17,18). The molecule has 1 heterocycles. The van der Waals surface area contributed by atoms with E-state index in [1.54, 1.807) is 11.3 Å². The van der Waals surface area contributed by atoms with Gasteiger partial charge in [0, 0.05) is 4.88 Å². The third kappa shape index (κ3) is 4.57. The van der Waals surface area contributed by atoms with Crippen molar-refractivity contribution in [2.75, 3.05) is 6.61 Å². The van der Waals surface area contributed by atoms with Gasteiger partial charge in [0.05, 0.1) is 12.5 Å². The molecule has 1 amide bonds. The van der Waals surface area contributed by atoms with E-state index in [2.05, 4.69) is 11.4 Å². The summed E-state index contributed by atoms with van der Waals surface area (Å²) in [7, 11) is 0. The molecule has 1 N–H and O–H groups in total. The normalized spacial score (nSPS) is 16.1. The Balaban J connectivity index is 1.68. The minimum absolute atomic E-state index is 0.261. The van der Waals surface area contributed by atoms with Gasteiger partial charge in [-0.05, 0) is 43.6 Å². The Hall–Kier alpha value is -1.87. The van der Waals surface area contributed by atoms with Crippen molar-refractivity contribution in [2.24, 2.45) is 0 Å². The number of thiophene rings is 1. The molecule has 0 aliphatic heterocycles. The minimum Gasteiger partial charge on any atom is -0.456 e. The maximum atomic E-state index is 11.8. The van der Waals surface area contributed by atoms with E-state index >= 15 is 0 Å². The topological polar surface area (TPSA) is 79.2 Å². The van der Waals surface area contributed by atoms with E-state index in [9.17, 15) is 9.59 Å². The van der Waals surface area contributed by atoms with Crippen molar-refractivity contribution in [2.45, 2.75) is 44.1 Å². The number of rotatable bonds is 6. The molecular weight excluding hydrogens is 288 g/mol. The Labute approximate surface area is 127 Å². The van der Waals surface area contributed by atoms with Crippen molar-refractivity contribution in [3.63, 3.8) is 0 Å². The molecule has 1 aliphatic rings. The molecule has 112 valence electrons. The first kappa shape index (κ1) is 15.5. The SMILES string of the molecule is N#CC1(NC(=O)COC(=O)CCc2cccs2)CCCC1. The summed E-state index contributed by atoms with van der Waals surface area (Å²) in [6.07, 6.45) is 4.10. The highest BCUT2D eigenvalue weighted by atomic mass is 32.1. The fourth-order valence-corrected chi connectivity index (χ4v) is 3.15. The molecule has 0 bridgehead atoms. The van der Waals surface area contributed by atoms with E-state index in [4.69, 9.17) is 10.00 Å². The summed E-state index contributed by atoms with van der Waals surface area (Å²) >= 11 is 1.59. The maximum Gasteiger partial charge on any atom is 0.306 e. The molecule has 5 nitrogen and oxygen atoms in total. The van der Waals surface area contributed by atoms with E-state index in [1.165, 1.54) is 0 Å². The van der Waals surface area contributed by atoms with Gasteiger partial charge in [-0.3, -0.25) is 9.59 Å². The van der Waals surface area contributed by atoms with Crippen LogP contribution in [0.3, 0.4) is 0 Å². The Morgan fingerprint density at radius 1 is 1.43 bits per heavy atom. The zero-order valence-corrected chi connectivity index (χ0v) is 12.6. The Morgan fingerprint density at radius 2 is 2.19 bits per heavy atom. The first-order valence-corrected chi connectivity index (χ1v) is 7.92. The largest absolute Gasteiger partial charge is 0.456 e. The average Bonchev–Trinajstić information content (AvgIpc) is 3.15. The molecule has 0 radical (unpaired) electrons. The lowest BCUT2D eigenvalue weighted by molar-refractivity contribution is -0.148. The minimum atomic E-state index is -0.763. The zero-order chi connectivity index (χ0) is 15.1. The fraction of sp³-hybridized carbons (Fsp3) is 0.533. The van der Waals surface area contributed by atoms with Gasteiger partial charge in [-0.15, -0.1) is 11.3 Å². The van der Waals surface area contributed by atoms with Gasteiger partial charge in [-0.1, -0.05) is 6.07 Å². The molecule has 21 heavy (non-hydrogen) atoms. The number of amides is 1. The number of nitrogens with zero attached hydrogens (tertiary/aromatic N) is 1. The first-order valence-electron chi connectivity index (χ1n) is 7.04. The molecule has 2 rings (SSSR count). The van der Waals surface area contributed by atoms with Crippen LogP contribution in [0.15, 0.2) is 17.5 Å². The van der Waals surface area contributed by atoms with Crippen LogP contribution in [-0.4, -0.2) is 24.0 Å². The molecule has 1 saturated carbocycles. The van der Waals surface area contributed by atoms with E-state index in [1.807, 2.05) is 17.5 Å². The molecule has 1 aromatic rings. The number of hydrogen-bond acceptors (Lipinski definition) is 5. The third-order valence-corrected chi connectivity index (χ3v) is 4.51. The summed E-state index contributed by atoms with van der Waals surface area (Å²) < 4.78 is 4.95. The number of hydrogen-bond donors (Lipinski definition) is 1. The monoisotopic (exact) mass is 306 g/mol. The van der Waals surface area contributed by atoms with Crippen LogP contribution >= 0.6 is 11.3 Å². The van der Waals surface area contributed by atoms with E-state index in [0.717, 1.165) is 17.7 Å². The van der Waals surface area contributed by atoms with E-state index in [0.29, 0.717) is 19.3 Å². The first-order chi connectivity index (χ1) is 10.1. The molecule has 1 aromatic heterocycles. The summed E-state index contributed by atoms with van der Waals surface area (Å²) in [5.41, 5.74) is -0.763. The number of carbonyl (C=O) groups is 2. The highest BCUT2D eigenvalue weighted by Crippen LogP contribution is 2.28. The molecule has 0 spiro atoms. The summed E-state index contributed by atoms with van der Waals surface area (Å²) in [6, 6.07) is 6.06. The molecule has 1 aliphatic carbocycles. The quantitative estimate of drug-likeness (QED) is 0.817. The fourth-order valence-electron chi connectivity index (χ4n) is 2.44. The van der Waals surface area contributed by atoms with E-state index < -0.39 is 17.4 Å². The number of aryl methyl sites for hydroxylation is 1. The van der Waals surface area contributed by atoms with Gasteiger partial charge in [0.25, 0.3) is 5.91 Å². The van der Waals surface area contributed by atoms with Gasteiger partial charge in [0.1, 0.15) is 5.54 Å². The van der Waals surface area contributed by atoms with Crippen LogP contribution in [0.1, 0.15) is 37.0 Å². The zero-order valence-electron chi connectivity index (χ0n) is 11.8. The highest BCUT2D eigenvalue weighted by molar-refractivity contribution is 7.09. The van der Waals surface area contributed by atoms with Crippen LogP contribution in [0.4, 0.5) is 0 Å². The van der Waals surface area contributed by atoms with Crippen molar-refractivity contribution < 1.29 is 14.3 Å². The predicted molar refractivity (Wildman–Crippen MR) is 78.6 cm³/mol. The maximum absolute atomic E-state index is 11.8. The Kier molecular flexibility index (Phi) is 5.34. The second kappa shape index (κ2) is 7.23. The number of nitrogens with one attached hydrogen (secondary N) is 1. The number of ether oxygens (including phenoxy) is 1. The smallest absolute Gasteiger partial charge is 0.306 e. The van der Waals surface area contributed by atoms with Gasteiger partial charge in [-0.2, -0.15) is 5.26 Å². The van der Waals surface area contributed by atoms with Gasteiger partial charge in [0.15, 0.2) is 6.61 Å². The van der Waals surface area contributed by atoms with E-state index in [-0.39, 0.29) is 13.0 Å². The molecular formula is C15H18N2O3S. The molecule has 0 saturated heterocycles. The van der Waals surface area contributed by atoms with Gasteiger partial charge in [-0.25, -0.2) is 0 Å². The second-order valence-electron chi connectivity index (χ2n) is 5.19. The molecule has 1 fully saturated rings. The van der Waals surface area contributed by atoms with Crippen LogP contribution in [0.5, 0.6) is 0 Å². The van der Waals surface area contributed by atoms with Gasteiger partial charge < -0.3 is 10.1 Å². The lowest BCUT2D eigenvalue weighted by Crippen LogP contribution is -2.46. The van der Waals surface area contributed by atoms with Crippen molar-refractivity contribution >= 4 is 23.2 Å².